The van der Waals surface area contributed by atoms with Crippen LogP contribution in [0.25, 0.3) is 0 Å². The number of piperazine rings is 1. The Morgan fingerprint density at radius 2 is 1.57 bits per heavy atom. The summed E-state index contributed by atoms with van der Waals surface area (Å²) in [6.45, 7) is 2.04. The second kappa shape index (κ2) is 5.74. The van der Waals surface area contributed by atoms with Crippen molar-refractivity contribution in [3.05, 3.63) is 48.0 Å². The van der Waals surface area contributed by atoms with Crippen molar-refractivity contribution in [1.29, 1.82) is 0 Å². The highest BCUT2D eigenvalue weighted by atomic mass is 16.2. The predicted octanol–water partition coefficient (Wildman–Crippen LogP) is 0.403. The van der Waals surface area contributed by atoms with Crippen LogP contribution in [-0.4, -0.2) is 63.0 Å². The van der Waals surface area contributed by atoms with E-state index >= 15 is 0 Å². The van der Waals surface area contributed by atoms with Crippen LogP contribution in [0.5, 0.6) is 0 Å². The molecule has 1 N–H and O–H groups in total. The van der Waals surface area contributed by atoms with Crippen LogP contribution in [-0.2, 0) is 0 Å². The second-order valence-corrected chi connectivity index (χ2v) is 4.78. The van der Waals surface area contributed by atoms with Gasteiger partial charge in [-0.1, -0.05) is 18.2 Å². The molecule has 0 bridgehead atoms. The van der Waals surface area contributed by atoms with Crippen LogP contribution < -0.4 is 0 Å². The molecule has 7 nitrogen and oxygen atoms in total. The summed E-state index contributed by atoms with van der Waals surface area (Å²) < 4.78 is 0. The molecule has 0 aliphatic carbocycles. The number of nitrogens with zero attached hydrogens (tertiary/aromatic N) is 4. The van der Waals surface area contributed by atoms with Crippen molar-refractivity contribution < 1.29 is 9.59 Å². The lowest BCUT2D eigenvalue weighted by atomic mass is 10.2. The number of nitrogens with one attached hydrogen (secondary N) is 1. The molecule has 2 amide bonds. The van der Waals surface area contributed by atoms with Gasteiger partial charge in [0.25, 0.3) is 11.8 Å². The van der Waals surface area contributed by atoms with Crippen LogP contribution in [0.15, 0.2) is 36.7 Å². The fourth-order valence-corrected chi connectivity index (χ4v) is 2.33. The molecule has 1 aromatic carbocycles. The van der Waals surface area contributed by atoms with Crippen molar-refractivity contribution >= 4 is 11.8 Å². The van der Waals surface area contributed by atoms with E-state index in [1.807, 2.05) is 18.2 Å². The Balaban J connectivity index is 1.60. The standard InChI is InChI=1S/C14H15N5O2/c20-13(11-4-2-1-3-5-11)18-6-8-19(9-7-18)14(21)12-15-10-16-17-12/h1-5,10H,6-9H2,(H,15,16,17). The summed E-state index contributed by atoms with van der Waals surface area (Å²) in [4.78, 5) is 31.7. The Labute approximate surface area is 121 Å². The number of benzene rings is 1. The topological polar surface area (TPSA) is 82.2 Å². The molecule has 2 heterocycles. The van der Waals surface area contributed by atoms with Crippen molar-refractivity contribution in [1.82, 2.24) is 25.0 Å². The smallest absolute Gasteiger partial charge is 0.291 e. The highest BCUT2D eigenvalue weighted by Crippen LogP contribution is 2.10. The summed E-state index contributed by atoms with van der Waals surface area (Å²) in [6.07, 6.45) is 1.31. The highest BCUT2D eigenvalue weighted by molar-refractivity contribution is 5.94. The summed E-state index contributed by atoms with van der Waals surface area (Å²) in [5, 5.41) is 6.23. The molecule has 0 unspecified atom stereocenters. The third kappa shape index (κ3) is 2.76. The van der Waals surface area contributed by atoms with E-state index in [0.717, 1.165) is 0 Å². The van der Waals surface area contributed by atoms with Gasteiger partial charge in [0.05, 0.1) is 0 Å². The minimum atomic E-state index is -0.181. The molecule has 0 atom stereocenters. The number of H-pyrrole nitrogens is 1. The molecule has 0 saturated carbocycles. The van der Waals surface area contributed by atoms with E-state index in [9.17, 15) is 9.59 Å². The van der Waals surface area contributed by atoms with Gasteiger partial charge in [0.1, 0.15) is 6.33 Å². The summed E-state index contributed by atoms with van der Waals surface area (Å²) >= 11 is 0. The molecule has 0 radical (unpaired) electrons. The van der Waals surface area contributed by atoms with E-state index in [1.165, 1.54) is 6.33 Å². The number of hydrogen-bond acceptors (Lipinski definition) is 4. The zero-order chi connectivity index (χ0) is 14.7. The molecule has 0 spiro atoms. The van der Waals surface area contributed by atoms with Gasteiger partial charge in [-0.2, -0.15) is 5.10 Å². The van der Waals surface area contributed by atoms with Gasteiger partial charge in [-0.25, -0.2) is 4.98 Å². The quantitative estimate of drug-likeness (QED) is 0.866. The van der Waals surface area contributed by atoms with Crippen LogP contribution in [0, 0.1) is 0 Å². The van der Waals surface area contributed by atoms with Crippen LogP contribution in [0.4, 0.5) is 0 Å². The van der Waals surface area contributed by atoms with Crippen molar-refractivity contribution in [2.75, 3.05) is 26.2 Å². The Morgan fingerprint density at radius 3 is 2.14 bits per heavy atom. The maximum absolute atomic E-state index is 12.3. The molecule has 1 aliphatic rings. The Kier molecular flexibility index (Phi) is 3.63. The van der Waals surface area contributed by atoms with E-state index in [-0.39, 0.29) is 17.6 Å². The average molecular weight is 285 g/mol. The lowest BCUT2D eigenvalue weighted by molar-refractivity contribution is 0.0529. The van der Waals surface area contributed by atoms with Crippen LogP contribution in [0.2, 0.25) is 0 Å². The van der Waals surface area contributed by atoms with Crippen LogP contribution in [0.1, 0.15) is 21.0 Å². The lowest BCUT2D eigenvalue weighted by Crippen LogP contribution is -2.50. The summed E-state index contributed by atoms with van der Waals surface area (Å²) in [5.74, 6) is 0.0551. The maximum atomic E-state index is 12.3. The molecule has 21 heavy (non-hydrogen) atoms. The maximum Gasteiger partial charge on any atom is 0.291 e. The largest absolute Gasteiger partial charge is 0.335 e. The van der Waals surface area contributed by atoms with E-state index in [2.05, 4.69) is 15.2 Å². The number of aromatic amines is 1. The minimum absolute atomic E-state index is 0.00219. The first kappa shape index (κ1) is 13.3. The monoisotopic (exact) mass is 285 g/mol. The molecule has 1 aliphatic heterocycles. The number of aromatic nitrogens is 3. The highest BCUT2D eigenvalue weighted by Gasteiger charge is 2.26. The summed E-state index contributed by atoms with van der Waals surface area (Å²) in [7, 11) is 0. The number of carbonyl (C=O) groups excluding carboxylic acids is 2. The first-order chi connectivity index (χ1) is 10.3. The summed E-state index contributed by atoms with van der Waals surface area (Å²) in [5.41, 5.74) is 0.674. The first-order valence-electron chi connectivity index (χ1n) is 6.74. The van der Waals surface area contributed by atoms with Crippen LogP contribution in [0.3, 0.4) is 0 Å². The number of amides is 2. The van der Waals surface area contributed by atoms with Gasteiger partial charge >= 0.3 is 0 Å². The van der Waals surface area contributed by atoms with Gasteiger partial charge < -0.3 is 9.80 Å². The molecule has 3 rings (SSSR count). The van der Waals surface area contributed by atoms with Gasteiger partial charge in [-0.3, -0.25) is 14.7 Å². The Hall–Kier alpha value is -2.70. The van der Waals surface area contributed by atoms with Gasteiger partial charge in [0.2, 0.25) is 5.82 Å². The molecule has 108 valence electrons. The molecule has 2 aromatic rings. The fourth-order valence-electron chi connectivity index (χ4n) is 2.33. The van der Waals surface area contributed by atoms with Gasteiger partial charge in [-0.15, -0.1) is 0 Å². The van der Waals surface area contributed by atoms with Crippen molar-refractivity contribution in [2.24, 2.45) is 0 Å². The fraction of sp³-hybridized carbons (Fsp3) is 0.286. The van der Waals surface area contributed by atoms with Gasteiger partial charge in [-0.05, 0) is 12.1 Å². The second-order valence-electron chi connectivity index (χ2n) is 4.78. The third-order valence-corrected chi connectivity index (χ3v) is 3.49. The minimum Gasteiger partial charge on any atom is -0.335 e. The van der Waals surface area contributed by atoms with Crippen molar-refractivity contribution in [3.63, 3.8) is 0 Å². The van der Waals surface area contributed by atoms with Crippen LogP contribution >= 0.6 is 0 Å². The van der Waals surface area contributed by atoms with Gasteiger partial charge in [0, 0.05) is 31.7 Å². The normalized spacial score (nSPS) is 15.0. The number of carbonyl (C=O) groups is 2. The summed E-state index contributed by atoms with van der Waals surface area (Å²) in [6, 6.07) is 9.17. The van der Waals surface area contributed by atoms with E-state index in [0.29, 0.717) is 31.7 Å². The lowest BCUT2D eigenvalue weighted by Gasteiger charge is -2.34. The number of rotatable bonds is 2. The Bertz CT molecular complexity index is 618. The third-order valence-electron chi connectivity index (χ3n) is 3.49. The average Bonchev–Trinajstić information content (AvgIpc) is 3.09. The van der Waals surface area contributed by atoms with E-state index in [1.54, 1.807) is 21.9 Å². The molecular formula is C14H15N5O2. The van der Waals surface area contributed by atoms with Crippen molar-refractivity contribution in [2.45, 2.75) is 0 Å². The van der Waals surface area contributed by atoms with E-state index in [4.69, 9.17) is 0 Å². The molecule has 1 aromatic heterocycles. The molecular weight excluding hydrogens is 270 g/mol. The molecule has 1 fully saturated rings. The van der Waals surface area contributed by atoms with Gasteiger partial charge in [0.15, 0.2) is 0 Å². The van der Waals surface area contributed by atoms with E-state index < -0.39 is 0 Å². The first-order valence-corrected chi connectivity index (χ1v) is 6.74. The Morgan fingerprint density at radius 1 is 0.952 bits per heavy atom. The predicted molar refractivity (Wildman–Crippen MR) is 74.6 cm³/mol. The molecule has 7 heteroatoms. The zero-order valence-corrected chi connectivity index (χ0v) is 11.4. The SMILES string of the molecule is O=C(c1ccccc1)N1CCN(C(=O)c2ncn[nH]2)CC1. The zero-order valence-electron chi connectivity index (χ0n) is 11.4. The molecule has 1 saturated heterocycles. The van der Waals surface area contributed by atoms with Crippen molar-refractivity contribution in [3.8, 4) is 0 Å². The number of hydrogen-bond donors (Lipinski definition) is 1.